The van der Waals surface area contributed by atoms with Crippen molar-refractivity contribution in [2.75, 3.05) is 45.1 Å². The molecule has 1 atom stereocenters. The Kier molecular flexibility index (Phi) is 6.50. The SMILES string of the molecule is CCC1=C(N2CCNCC2)C(=O)N2C(=NC(Br)N2C)N1CC(=O)Nc1ccc(C(F)(F)F)c2c1CC2. The Morgan fingerprint density at radius 3 is 2.53 bits per heavy atom. The van der Waals surface area contributed by atoms with Gasteiger partial charge in [0.2, 0.25) is 11.9 Å². The number of nitrogens with one attached hydrogen (secondary N) is 2. The van der Waals surface area contributed by atoms with Gasteiger partial charge in [0, 0.05) is 38.9 Å². The number of carbonyl (C=O) groups is 2. The van der Waals surface area contributed by atoms with Crippen molar-refractivity contribution in [2.24, 2.45) is 4.99 Å². The predicted octanol–water partition coefficient (Wildman–Crippen LogP) is 2.31. The number of alkyl halides is 4. The van der Waals surface area contributed by atoms with Gasteiger partial charge in [-0.2, -0.15) is 18.2 Å². The Balaban J connectivity index is 1.45. The Labute approximate surface area is 215 Å². The van der Waals surface area contributed by atoms with Gasteiger partial charge < -0.3 is 20.4 Å². The minimum Gasteiger partial charge on any atom is -0.363 e. The quantitative estimate of drug-likeness (QED) is 0.418. The molecule has 0 spiro atoms. The van der Waals surface area contributed by atoms with E-state index in [1.54, 1.807) is 17.0 Å². The molecule has 1 saturated heterocycles. The maximum Gasteiger partial charge on any atom is 0.416 e. The van der Waals surface area contributed by atoms with Crippen molar-refractivity contribution in [1.82, 2.24) is 25.1 Å². The highest BCUT2D eigenvalue weighted by Crippen LogP contribution is 2.41. The molecule has 4 aliphatic rings. The van der Waals surface area contributed by atoms with E-state index in [0.29, 0.717) is 61.0 Å². The molecular weight excluding hydrogens is 543 g/mol. The molecule has 194 valence electrons. The fourth-order valence-corrected chi connectivity index (χ4v) is 5.51. The van der Waals surface area contributed by atoms with Crippen LogP contribution < -0.4 is 10.6 Å². The maximum absolute atomic E-state index is 13.6. The summed E-state index contributed by atoms with van der Waals surface area (Å²) in [6.07, 6.45) is -3.10. The van der Waals surface area contributed by atoms with E-state index in [4.69, 9.17) is 0 Å². The second-order valence-electron chi connectivity index (χ2n) is 9.07. The zero-order valence-electron chi connectivity index (χ0n) is 20.0. The molecule has 3 heterocycles. The van der Waals surface area contributed by atoms with Crippen molar-refractivity contribution in [3.8, 4) is 0 Å². The summed E-state index contributed by atoms with van der Waals surface area (Å²) in [5, 5.41) is 8.74. The van der Waals surface area contributed by atoms with E-state index in [2.05, 4.69) is 31.6 Å². The van der Waals surface area contributed by atoms with Crippen molar-refractivity contribution < 1.29 is 22.8 Å². The van der Waals surface area contributed by atoms with E-state index in [1.807, 2.05) is 11.8 Å². The van der Waals surface area contributed by atoms with Crippen LogP contribution in [0.5, 0.6) is 0 Å². The van der Waals surface area contributed by atoms with Crippen LogP contribution in [0.3, 0.4) is 0 Å². The topological polar surface area (TPSA) is 83.5 Å². The number of benzene rings is 1. The molecule has 0 radical (unpaired) electrons. The van der Waals surface area contributed by atoms with E-state index in [0.717, 1.165) is 19.2 Å². The van der Waals surface area contributed by atoms with Gasteiger partial charge in [-0.05, 0) is 58.5 Å². The summed E-state index contributed by atoms with van der Waals surface area (Å²) in [5.74, 6) is -0.250. The van der Waals surface area contributed by atoms with Gasteiger partial charge in [0.1, 0.15) is 12.2 Å². The van der Waals surface area contributed by atoms with Gasteiger partial charge in [-0.25, -0.2) is 10.0 Å². The van der Waals surface area contributed by atoms with E-state index < -0.39 is 22.7 Å². The van der Waals surface area contributed by atoms with Gasteiger partial charge in [-0.1, -0.05) is 6.92 Å². The molecule has 2 amide bonds. The zero-order chi connectivity index (χ0) is 25.8. The molecule has 1 aromatic carbocycles. The first kappa shape index (κ1) is 25.0. The summed E-state index contributed by atoms with van der Waals surface area (Å²) < 4.78 is 39.9. The fourth-order valence-electron chi connectivity index (χ4n) is 5.14. The van der Waals surface area contributed by atoms with Gasteiger partial charge in [0.25, 0.3) is 5.91 Å². The first-order chi connectivity index (χ1) is 17.1. The lowest BCUT2D eigenvalue weighted by atomic mass is 9.83. The van der Waals surface area contributed by atoms with Crippen molar-refractivity contribution >= 4 is 39.4 Å². The van der Waals surface area contributed by atoms with Crippen molar-refractivity contribution in [3.63, 3.8) is 0 Å². The lowest BCUT2D eigenvalue weighted by Crippen LogP contribution is -2.59. The molecular formula is C23H27BrF3N7O2. The highest BCUT2D eigenvalue weighted by molar-refractivity contribution is 9.09. The lowest BCUT2D eigenvalue weighted by molar-refractivity contribution is -0.138. The smallest absolute Gasteiger partial charge is 0.363 e. The van der Waals surface area contributed by atoms with Crippen LogP contribution in [-0.4, -0.2) is 82.4 Å². The number of fused-ring (bicyclic) bond motifs is 2. The van der Waals surface area contributed by atoms with E-state index >= 15 is 0 Å². The number of hydrogen-bond donors (Lipinski definition) is 2. The van der Waals surface area contributed by atoms with Crippen LogP contribution in [0.4, 0.5) is 18.9 Å². The first-order valence-electron chi connectivity index (χ1n) is 11.9. The van der Waals surface area contributed by atoms with Crippen LogP contribution >= 0.6 is 15.9 Å². The average molecular weight is 570 g/mol. The molecule has 36 heavy (non-hydrogen) atoms. The van der Waals surface area contributed by atoms with Crippen LogP contribution in [-0.2, 0) is 28.6 Å². The molecule has 1 aliphatic carbocycles. The van der Waals surface area contributed by atoms with Gasteiger partial charge in [-0.3, -0.25) is 9.59 Å². The minimum atomic E-state index is -4.42. The summed E-state index contributed by atoms with van der Waals surface area (Å²) in [6, 6.07) is 2.35. The molecule has 1 unspecified atom stereocenters. The monoisotopic (exact) mass is 569 g/mol. The fraction of sp³-hybridized carbons (Fsp3) is 0.522. The number of hydrazine groups is 1. The Bertz CT molecular complexity index is 1160. The molecule has 2 N–H and O–H groups in total. The van der Waals surface area contributed by atoms with Gasteiger partial charge in [0.15, 0.2) is 5.08 Å². The van der Waals surface area contributed by atoms with E-state index in [-0.39, 0.29) is 18.0 Å². The number of amides is 2. The third-order valence-corrected chi connectivity index (χ3v) is 7.77. The van der Waals surface area contributed by atoms with E-state index in [1.165, 1.54) is 11.1 Å². The second-order valence-corrected chi connectivity index (χ2v) is 9.89. The first-order valence-corrected chi connectivity index (χ1v) is 12.8. The van der Waals surface area contributed by atoms with Gasteiger partial charge >= 0.3 is 6.18 Å². The molecule has 9 nitrogen and oxygen atoms in total. The number of aliphatic imine (C=N–C) groups is 1. The number of nitrogens with zero attached hydrogens (tertiary/aromatic N) is 5. The average Bonchev–Trinajstić information content (AvgIpc) is 3.10. The number of allylic oxidation sites excluding steroid dienone is 1. The Morgan fingerprint density at radius 2 is 1.92 bits per heavy atom. The lowest BCUT2D eigenvalue weighted by Gasteiger charge is -2.43. The molecule has 0 bridgehead atoms. The number of guanidine groups is 1. The predicted molar refractivity (Wildman–Crippen MR) is 131 cm³/mol. The molecule has 0 aromatic heterocycles. The number of halogens is 4. The molecule has 3 aliphatic heterocycles. The van der Waals surface area contributed by atoms with Crippen LogP contribution in [0.15, 0.2) is 28.5 Å². The number of anilines is 1. The Morgan fingerprint density at radius 1 is 1.22 bits per heavy atom. The normalized spacial score (nSPS) is 22.4. The maximum atomic E-state index is 13.6. The molecule has 1 fully saturated rings. The van der Waals surface area contributed by atoms with Crippen molar-refractivity contribution in [3.05, 3.63) is 40.2 Å². The standard InChI is InChI=1S/C23H27BrF3N7O2/c1-3-17-19(32-10-8-28-9-11-32)20(36)34-22(30-21(24)31(34)2)33(17)12-18(35)29-16-7-6-15(23(25,26)27)13-4-5-14(13)16/h6-7,21,28H,3-5,8-12H2,1-2H3,(H,29,35). The molecule has 5 rings (SSSR count). The van der Waals surface area contributed by atoms with Crippen LogP contribution in [0.2, 0.25) is 0 Å². The van der Waals surface area contributed by atoms with Crippen LogP contribution in [0.25, 0.3) is 0 Å². The highest BCUT2D eigenvalue weighted by Gasteiger charge is 2.46. The third-order valence-electron chi connectivity index (χ3n) is 6.98. The van der Waals surface area contributed by atoms with Crippen LogP contribution in [0.1, 0.15) is 30.0 Å². The summed E-state index contributed by atoms with van der Waals surface area (Å²) in [5.41, 5.74) is 1.76. The van der Waals surface area contributed by atoms with Crippen molar-refractivity contribution in [1.29, 1.82) is 0 Å². The van der Waals surface area contributed by atoms with E-state index in [9.17, 15) is 22.8 Å². The van der Waals surface area contributed by atoms with Gasteiger partial charge in [0.05, 0.1) is 11.3 Å². The number of hydrogen-bond acceptors (Lipinski definition) is 7. The second kappa shape index (κ2) is 9.34. The third kappa shape index (κ3) is 4.16. The summed E-state index contributed by atoms with van der Waals surface area (Å²) in [4.78, 5) is 35.2. The van der Waals surface area contributed by atoms with Gasteiger partial charge in [-0.15, -0.1) is 0 Å². The summed E-state index contributed by atoms with van der Waals surface area (Å²) >= 11 is 3.46. The summed E-state index contributed by atoms with van der Waals surface area (Å²) in [6.45, 7) is 4.59. The van der Waals surface area contributed by atoms with Crippen molar-refractivity contribution in [2.45, 2.75) is 37.4 Å². The highest BCUT2D eigenvalue weighted by atomic mass is 79.9. The summed E-state index contributed by atoms with van der Waals surface area (Å²) in [7, 11) is 1.74. The molecule has 0 saturated carbocycles. The number of rotatable bonds is 5. The molecule has 13 heteroatoms. The number of carbonyl (C=O) groups excluding carboxylic acids is 2. The molecule has 1 aromatic rings. The minimum absolute atomic E-state index is 0.134. The number of piperazine rings is 1. The van der Waals surface area contributed by atoms with Crippen LogP contribution in [0, 0.1) is 0 Å². The Hall–Kier alpha value is -2.64. The zero-order valence-corrected chi connectivity index (χ0v) is 21.5. The largest absolute Gasteiger partial charge is 0.416 e.